The summed E-state index contributed by atoms with van der Waals surface area (Å²) < 4.78 is 1.92. The number of aliphatic imine (C=N–C) groups is 1. The van der Waals surface area contributed by atoms with Crippen molar-refractivity contribution in [3.63, 3.8) is 0 Å². The third-order valence-electron chi connectivity index (χ3n) is 3.01. The summed E-state index contributed by atoms with van der Waals surface area (Å²) in [4.78, 5) is 9.58. The minimum absolute atomic E-state index is 0. The van der Waals surface area contributed by atoms with Crippen LogP contribution >= 0.6 is 35.3 Å². The maximum atomic E-state index is 6.08. The molecule has 1 aliphatic heterocycles. The van der Waals surface area contributed by atoms with Crippen molar-refractivity contribution >= 4 is 52.4 Å². The number of hydrogen-bond donors (Lipinski definition) is 1. The van der Waals surface area contributed by atoms with Gasteiger partial charge in [0.05, 0.1) is 6.21 Å². The Bertz CT molecular complexity index is 631. The van der Waals surface area contributed by atoms with Crippen molar-refractivity contribution in [1.82, 2.24) is 14.8 Å². The van der Waals surface area contributed by atoms with E-state index in [1.807, 2.05) is 16.0 Å². The average molecular weight is 332 g/mol. The van der Waals surface area contributed by atoms with Gasteiger partial charge in [0.15, 0.2) is 10.1 Å². The molecular formula is C12H15Cl2N5S. The number of nitrogens with one attached hydrogen (secondary N) is 1. The molecule has 3 rings (SSSR count). The lowest BCUT2D eigenvalue weighted by atomic mass is 10.2. The van der Waals surface area contributed by atoms with Gasteiger partial charge in [-0.15, -0.1) is 23.7 Å². The predicted octanol–water partition coefficient (Wildman–Crippen LogP) is 3.37. The first-order valence-corrected chi connectivity index (χ1v) is 7.54. The van der Waals surface area contributed by atoms with Crippen LogP contribution in [0.25, 0.3) is 4.96 Å². The van der Waals surface area contributed by atoms with Crippen molar-refractivity contribution in [3.05, 3.63) is 22.4 Å². The van der Waals surface area contributed by atoms with Gasteiger partial charge in [0.25, 0.3) is 0 Å². The Morgan fingerprint density at radius 1 is 1.40 bits per heavy atom. The summed E-state index contributed by atoms with van der Waals surface area (Å²) in [6, 6.07) is 0. The molecule has 0 fully saturated rings. The second kappa shape index (κ2) is 7.06. The second-order valence-electron chi connectivity index (χ2n) is 4.35. The van der Waals surface area contributed by atoms with Gasteiger partial charge < -0.3 is 0 Å². The molecule has 0 aliphatic carbocycles. The molecule has 0 aromatic carbocycles. The van der Waals surface area contributed by atoms with Crippen LogP contribution in [0.15, 0.2) is 21.7 Å². The summed E-state index contributed by atoms with van der Waals surface area (Å²) in [7, 11) is 0. The molecule has 3 heterocycles. The highest BCUT2D eigenvalue weighted by Gasteiger charge is 2.09. The molecule has 1 N–H and O–H groups in total. The van der Waals surface area contributed by atoms with Gasteiger partial charge in [0.1, 0.15) is 11.5 Å². The van der Waals surface area contributed by atoms with E-state index in [0.29, 0.717) is 5.15 Å². The number of halogens is 2. The summed E-state index contributed by atoms with van der Waals surface area (Å²) in [6.07, 6.45) is 8.17. The molecule has 20 heavy (non-hydrogen) atoms. The Hall–Kier alpha value is -1.11. The summed E-state index contributed by atoms with van der Waals surface area (Å²) in [5, 5.41) is 6.67. The monoisotopic (exact) mass is 331 g/mol. The molecule has 0 saturated heterocycles. The predicted molar refractivity (Wildman–Crippen MR) is 86.8 cm³/mol. The fraction of sp³-hybridized carbons (Fsp3) is 0.417. The largest absolute Gasteiger partial charge is 0.288 e. The topological polar surface area (TPSA) is 54.0 Å². The lowest BCUT2D eigenvalue weighted by Crippen LogP contribution is -2.17. The molecule has 0 unspecified atom stereocenters. The molecule has 0 saturated carbocycles. The third-order valence-corrected chi connectivity index (χ3v) is 4.04. The SMILES string of the molecule is Cl.Clc1nc2sccn2c1/C=N/NC1=NCCCCC1. The Labute approximate surface area is 132 Å². The highest BCUT2D eigenvalue weighted by molar-refractivity contribution is 7.15. The van der Waals surface area contributed by atoms with Crippen molar-refractivity contribution in [2.75, 3.05) is 6.54 Å². The summed E-state index contributed by atoms with van der Waals surface area (Å²) >= 11 is 7.63. The van der Waals surface area contributed by atoms with E-state index in [2.05, 4.69) is 20.5 Å². The minimum atomic E-state index is 0. The van der Waals surface area contributed by atoms with E-state index in [1.54, 1.807) is 17.6 Å². The molecule has 0 radical (unpaired) electrons. The van der Waals surface area contributed by atoms with Gasteiger partial charge in [-0.1, -0.05) is 18.0 Å². The van der Waals surface area contributed by atoms with Crippen molar-refractivity contribution in [3.8, 4) is 0 Å². The second-order valence-corrected chi connectivity index (χ2v) is 5.58. The molecule has 8 heteroatoms. The molecule has 1 aliphatic rings. The molecule has 2 aromatic heterocycles. The molecule has 0 atom stereocenters. The van der Waals surface area contributed by atoms with E-state index >= 15 is 0 Å². The van der Waals surface area contributed by atoms with Crippen LogP contribution in [0.1, 0.15) is 31.4 Å². The molecule has 5 nitrogen and oxygen atoms in total. The summed E-state index contributed by atoms with van der Waals surface area (Å²) in [5.41, 5.74) is 3.80. The van der Waals surface area contributed by atoms with E-state index < -0.39 is 0 Å². The lowest BCUT2D eigenvalue weighted by molar-refractivity contribution is 0.729. The van der Waals surface area contributed by atoms with Gasteiger partial charge in [-0.2, -0.15) is 5.10 Å². The van der Waals surface area contributed by atoms with E-state index in [0.717, 1.165) is 29.5 Å². The minimum Gasteiger partial charge on any atom is -0.288 e. The van der Waals surface area contributed by atoms with Gasteiger partial charge in [-0.05, 0) is 12.8 Å². The number of aromatic nitrogens is 2. The van der Waals surface area contributed by atoms with Gasteiger partial charge in [-0.25, -0.2) is 4.98 Å². The van der Waals surface area contributed by atoms with E-state index in [-0.39, 0.29) is 12.4 Å². The van der Waals surface area contributed by atoms with Crippen LogP contribution in [0, 0.1) is 0 Å². The maximum Gasteiger partial charge on any atom is 0.195 e. The van der Waals surface area contributed by atoms with Gasteiger partial charge in [-0.3, -0.25) is 14.8 Å². The van der Waals surface area contributed by atoms with Crippen molar-refractivity contribution < 1.29 is 0 Å². The quantitative estimate of drug-likeness (QED) is 0.677. The van der Waals surface area contributed by atoms with Crippen LogP contribution < -0.4 is 5.43 Å². The molecule has 0 spiro atoms. The molecule has 2 aromatic rings. The zero-order valence-corrected chi connectivity index (χ0v) is 13.1. The maximum absolute atomic E-state index is 6.08. The third kappa shape index (κ3) is 3.31. The standard InChI is InChI=1S/C12H14ClN5S.ClH/c13-11-9(18-6-7-19-12(18)16-11)8-15-17-10-4-2-1-3-5-14-10;/h6-8H,1-5H2,(H,14,17);1H/b15-8+;. The van der Waals surface area contributed by atoms with Crippen LogP contribution in [-0.4, -0.2) is 28.0 Å². The highest BCUT2D eigenvalue weighted by Crippen LogP contribution is 2.19. The van der Waals surface area contributed by atoms with Crippen LogP contribution in [0.2, 0.25) is 5.15 Å². The van der Waals surface area contributed by atoms with Crippen molar-refractivity contribution in [2.24, 2.45) is 10.1 Å². The van der Waals surface area contributed by atoms with E-state index in [9.17, 15) is 0 Å². The molecule has 0 amide bonds. The van der Waals surface area contributed by atoms with Crippen LogP contribution in [0.3, 0.4) is 0 Å². The Morgan fingerprint density at radius 3 is 3.20 bits per heavy atom. The molecular weight excluding hydrogens is 317 g/mol. The molecule has 0 bridgehead atoms. The number of hydrogen-bond acceptors (Lipinski definition) is 5. The van der Waals surface area contributed by atoms with Crippen LogP contribution in [0.4, 0.5) is 0 Å². The van der Waals surface area contributed by atoms with Gasteiger partial charge in [0, 0.05) is 24.5 Å². The summed E-state index contributed by atoms with van der Waals surface area (Å²) in [6.45, 7) is 0.889. The fourth-order valence-electron chi connectivity index (χ4n) is 2.03. The number of imidazole rings is 1. The highest BCUT2D eigenvalue weighted by atomic mass is 35.5. The van der Waals surface area contributed by atoms with Crippen LogP contribution in [-0.2, 0) is 0 Å². The van der Waals surface area contributed by atoms with Crippen LogP contribution in [0.5, 0.6) is 0 Å². The van der Waals surface area contributed by atoms with Crippen molar-refractivity contribution in [2.45, 2.75) is 25.7 Å². The fourth-order valence-corrected chi connectivity index (χ4v) is 3.02. The van der Waals surface area contributed by atoms with Gasteiger partial charge >= 0.3 is 0 Å². The Morgan fingerprint density at radius 2 is 2.30 bits per heavy atom. The zero-order valence-electron chi connectivity index (χ0n) is 10.8. The first-order valence-electron chi connectivity index (χ1n) is 6.28. The number of rotatable bonds is 2. The van der Waals surface area contributed by atoms with Gasteiger partial charge in [0.2, 0.25) is 0 Å². The van der Waals surface area contributed by atoms with Crippen molar-refractivity contribution in [1.29, 1.82) is 0 Å². The number of hydrazone groups is 1. The number of thiazole rings is 1. The van der Waals surface area contributed by atoms with E-state index in [4.69, 9.17) is 11.6 Å². The summed E-state index contributed by atoms with van der Waals surface area (Å²) in [5.74, 6) is 0.955. The first kappa shape index (κ1) is 15.3. The Balaban J connectivity index is 0.00000147. The molecule has 108 valence electrons. The number of fused-ring (bicyclic) bond motifs is 1. The average Bonchev–Trinajstić information content (AvgIpc) is 2.83. The first-order chi connectivity index (χ1) is 9.34. The number of nitrogens with zero attached hydrogens (tertiary/aromatic N) is 4. The Kier molecular flexibility index (Phi) is 5.39. The lowest BCUT2D eigenvalue weighted by Gasteiger charge is -2.01. The smallest absolute Gasteiger partial charge is 0.195 e. The number of amidine groups is 1. The van der Waals surface area contributed by atoms with E-state index in [1.165, 1.54) is 19.3 Å². The normalized spacial score (nSPS) is 15.9. The zero-order chi connectivity index (χ0) is 13.1.